The Labute approximate surface area is 99.1 Å². The molecule has 0 aliphatic carbocycles. The summed E-state index contributed by atoms with van der Waals surface area (Å²) in [7, 11) is 0. The van der Waals surface area contributed by atoms with Gasteiger partial charge in [-0.2, -0.15) is 5.26 Å². The van der Waals surface area contributed by atoms with E-state index in [2.05, 4.69) is 6.07 Å². The molecular formula is C14H11FN2. The zero-order valence-corrected chi connectivity index (χ0v) is 9.15. The van der Waals surface area contributed by atoms with Gasteiger partial charge in [0.05, 0.1) is 11.6 Å². The maximum Gasteiger partial charge on any atom is 0.123 e. The normalized spacial score (nSPS) is 9.94. The van der Waals surface area contributed by atoms with Crippen LogP contribution in [0, 0.1) is 17.1 Å². The Kier molecular flexibility index (Phi) is 3.17. The molecule has 0 unspecified atom stereocenters. The van der Waals surface area contributed by atoms with Gasteiger partial charge in [-0.05, 0) is 41.0 Å². The maximum atomic E-state index is 13.1. The van der Waals surface area contributed by atoms with Gasteiger partial charge in [0.1, 0.15) is 5.82 Å². The maximum absolute atomic E-state index is 13.1. The predicted octanol–water partition coefficient (Wildman–Crippen LogP) is 2.82. The first kappa shape index (κ1) is 11.3. The summed E-state index contributed by atoms with van der Waals surface area (Å²) in [5.41, 5.74) is 8.66. The number of nitriles is 1. The van der Waals surface area contributed by atoms with Crippen LogP contribution in [-0.4, -0.2) is 0 Å². The van der Waals surface area contributed by atoms with Crippen LogP contribution in [-0.2, 0) is 6.54 Å². The van der Waals surface area contributed by atoms with E-state index < -0.39 is 0 Å². The SMILES string of the molecule is N#Cc1cccc(-c2ccc(F)cc2CN)c1. The van der Waals surface area contributed by atoms with Crippen LogP contribution in [0.2, 0.25) is 0 Å². The zero-order chi connectivity index (χ0) is 12.3. The summed E-state index contributed by atoms with van der Waals surface area (Å²) in [5.74, 6) is -0.300. The molecular weight excluding hydrogens is 215 g/mol. The third-order valence-corrected chi connectivity index (χ3v) is 2.59. The highest BCUT2D eigenvalue weighted by molar-refractivity contribution is 5.68. The predicted molar refractivity (Wildman–Crippen MR) is 64.4 cm³/mol. The van der Waals surface area contributed by atoms with E-state index in [4.69, 9.17) is 11.0 Å². The van der Waals surface area contributed by atoms with Crippen molar-refractivity contribution in [3.05, 3.63) is 59.4 Å². The minimum absolute atomic E-state index is 0.268. The lowest BCUT2D eigenvalue weighted by molar-refractivity contribution is 0.625. The highest BCUT2D eigenvalue weighted by Gasteiger charge is 2.05. The first-order chi connectivity index (χ1) is 8.24. The molecule has 2 rings (SSSR count). The minimum atomic E-state index is -0.300. The van der Waals surface area contributed by atoms with Crippen LogP contribution in [0.1, 0.15) is 11.1 Å². The Morgan fingerprint density at radius 3 is 2.71 bits per heavy atom. The van der Waals surface area contributed by atoms with Gasteiger partial charge in [0.25, 0.3) is 0 Å². The van der Waals surface area contributed by atoms with Gasteiger partial charge in [-0.15, -0.1) is 0 Å². The van der Waals surface area contributed by atoms with Crippen LogP contribution >= 0.6 is 0 Å². The molecule has 0 atom stereocenters. The average molecular weight is 226 g/mol. The summed E-state index contributed by atoms with van der Waals surface area (Å²) < 4.78 is 13.1. The van der Waals surface area contributed by atoms with E-state index in [-0.39, 0.29) is 12.4 Å². The monoisotopic (exact) mass is 226 g/mol. The van der Waals surface area contributed by atoms with Crippen LogP contribution in [0.15, 0.2) is 42.5 Å². The molecule has 0 saturated heterocycles. The summed E-state index contributed by atoms with van der Waals surface area (Å²) in [6.07, 6.45) is 0. The Morgan fingerprint density at radius 2 is 2.00 bits per heavy atom. The number of nitrogens with two attached hydrogens (primary N) is 1. The molecule has 0 bridgehead atoms. The fraction of sp³-hybridized carbons (Fsp3) is 0.0714. The van der Waals surface area contributed by atoms with Gasteiger partial charge in [-0.3, -0.25) is 0 Å². The van der Waals surface area contributed by atoms with Crippen molar-refractivity contribution in [2.75, 3.05) is 0 Å². The Morgan fingerprint density at radius 1 is 1.18 bits per heavy atom. The molecule has 0 aliphatic rings. The molecule has 0 amide bonds. The number of hydrogen-bond donors (Lipinski definition) is 1. The largest absolute Gasteiger partial charge is 0.326 e. The fourth-order valence-electron chi connectivity index (χ4n) is 1.77. The van der Waals surface area contributed by atoms with E-state index in [0.717, 1.165) is 16.7 Å². The van der Waals surface area contributed by atoms with Crippen LogP contribution in [0.3, 0.4) is 0 Å². The van der Waals surface area contributed by atoms with Crippen molar-refractivity contribution in [3.63, 3.8) is 0 Å². The molecule has 0 fully saturated rings. The standard InChI is InChI=1S/C14H11FN2/c15-13-4-5-14(12(7-13)9-17)11-3-1-2-10(6-11)8-16/h1-7H,9,17H2. The van der Waals surface area contributed by atoms with E-state index in [1.165, 1.54) is 12.1 Å². The lowest BCUT2D eigenvalue weighted by Gasteiger charge is -2.08. The van der Waals surface area contributed by atoms with Gasteiger partial charge in [0, 0.05) is 6.54 Å². The number of nitrogens with zero attached hydrogens (tertiary/aromatic N) is 1. The van der Waals surface area contributed by atoms with Crippen molar-refractivity contribution in [2.45, 2.75) is 6.54 Å². The molecule has 0 aromatic heterocycles. The number of hydrogen-bond acceptors (Lipinski definition) is 2. The van der Waals surface area contributed by atoms with E-state index in [1.807, 2.05) is 6.07 Å². The Bertz CT molecular complexity index is 585. The second kappa shape index (κ2) is 4.77. The van der Waals surface area contributed by atoms with Crippen LogP contribution in [0.5, 0.6) is 0 Å². The van der Waals surface area contributed by atoms with E-state index in [9.17, 15) is 4.39 Å². The summed E-state index contributed by atoms with van der Waals surface area (Å²) in [4.78, 5) is 0. The number of rotatable bonds is 2. The van der Waals surface area contributed by atoms with Gasteiger partial charge in [0.2, 0.25) is 0 Å². The molecule has 0 spiro atoms. The second-order valence-corrected chi connectivity index (χ2v) is 3.70. The average Bonchev–Trinajstić information content (AvgIpc) is 2.38. The number of halogens is 1. The topological polar surface area (TPSA) is 49.8 Å². The molecule has 17 heavy (non-hydrogen) atoms. The van der Waals surface area contributed by atoms with Crippen molar-refractivity contribution in [3.8, 4) is 17.2 Å². The van der Waals surface area contributed by atoms with Gasteiger partial charge in [0.15, 0.2) is 0 Å². The molecule has 0 heterocycles. The molecule has 2 aromatic carbocycles. The van der Waals surface area contributed by atoms with E-state index in [1.54, 1.807) is 24.3 Å². The van der Waals surface area contributed by atoms with Gasteiger partial charge in [-0.25, -0.2) is 4.39 Å². The smallest absolute Gasteiger partial charge is 0.123 e. The summed E-state index contributed by atoms with van der Waals surface area (Å²) in [6.45, 7) is 0.268. The Hall–Kier alpha value is -2.18. The fourth-order valence-corrected chi connectivity index (χ4v) is 1.77. The molecule has 84 valence electrons. The van der Waals surface area contributed by atoms with Crippen LogP contribution < -0.4 is 5.73 Å². The van der Waals surface area contributed by atoms with Gasteiger partial charge in [-0.1, -0.05) is 18.2 Å². The minimum Gasteiger partial charge on any atom is -0.326 e. The molecule has 2 aromatic rings. The highest BCUT2D eigenvalue weighted by Crippen LogP contribution is 2.25. The summed E-state index contributed by atoms with van der Waals surface area (Å²) in [6, 6.07) is 13.8. The van der Waals surface area contributed by atoms with Crippen LogP contribution in [0.25, 0.3) is 11.1 Å². The third kappa shape index (κ3) is 2.32. The lowest BCUT2D eigenvalue weighted by atomic mass is 9.98. The first-order valence-electron chi connectivity index (χ1n) is 5.23. The van der Waals surface area contributed by atoms with Crippen molar-refractivity contribution in [2.24, 2.45) is 5.73 Å². The summed E-state index contributed by atoms with van der Waals surface area (Å²) >= 11 is 0. The molecule has 0 saturated carbocycles. The van der Waals surface area contributed by atoms with Crippen molar-refractivity contribution >= 4 is 0 Å². The number of benzene rings is 2. The van der Waals surface area contributed by atoms with E-state index >= 15 is 0 Å². The molecule has 3 heteroatoms. The molecule has 2 nitrogen and oxygen atoms in total. The second-order valence-electron chi connectivity index (χ2n) is 3.70. The lowest BCUT2D eigenvalue weighted by Crippen LogP contribution is -1.99. The van der Waals surface area contributed by atoms with Crippen LogP contribution in [0.4, 0.5) is 4.39 Å². The van der Waals surface area contributed by atoms with Crippen molar-refractivity contribution in [1.29, 1.82) is 5.26 Å². The Balaban J connectivity index is 2.56. The zero-order valence-electron chi connectivity index (χ0n) is 9.15. The van der Waals surface area contributed by atoms with Crippen molar-refractivity contribution < 1.29 is 4.39 Å². The molecule has 0 aliphatic heterocycles. The third-order valence-electron chi connectivity index (χ3n) is 2.59. The van der Waals surface area contributed by atoms with Gasteiger partial charge < -0.3 is 5.73 Å². The summed E-state index contributed by atoms with van der Waals surface area (Å²) in [5, 5.41) is 8.84. The van der Waals surface area contributed by atoms with E-state index in [0.29, 0.717) is 5.56 Å². The first-order valence-corrected chi connectivity index (χ1v) is 5.23. The van der Waals surface area contributed by atoms with Gasteiger partial charge >= 0.3 is 0 Å². The molecule has 0 radical (unpaired) electrons. The van der Waals surface area contributed by atoms with Crippen molar-refractivity contribution in [1.82, 2.24) is 0 Å². The quantitative estimate of drug-likeness (QED) is 0.856. The molecule has 2 N–H and O–H groups in total. The highest BCUT2D eigenvalue weighted by atomic mass is 19.1.